The van der Waals surface area contributed by atoms with Crippen LogP contribution in [0.2, 0.25) is 0 Å². The van der Waals surface area contributed by atoms with E-state index in [1.807, 2.05) is 0 Å². The molecule has 0 saturated heterocycles. The Balaban J connectivity index is 1.77. The highest BCUT2D eigenvalue weighted by Gasteiger charge is 2.29. The van der Waals surface area contributed by atoms with Crippen LogP contribution in [-0.2, 0) is 9.59 Å². The molecule has 2 fully saturated rings. The lowest BCUT2D eigenvalue weighted by Crippen LogP contribution is -2.43. The Bertz CT molecular complexity index is 328. The van der Waals surface area contributed by atoms with Crippen LogP contribution in [0.25, 0.3) is 0 Å². The third-order valence-corrected chi connectivity index (χ3v) is 3.76. The SMILES string of the molecule is CN(CC(=O)NC1CC1)C(=O)C1CCCC(N)C1. The average molecular weight is 253 g/mol. The van der Waals surface area contributed by atoms with Crippen LogP contribution >= 0.6 is 0 Å². The highest BCUT2D eigenvalue weighted by molar-refractivity contribution is 5.86. The Labute approximate surface area is 108 Å². The summed E-state index contributed by atoms with van der Waals surface area (Å²) in [5.74, 6) is 0.0250. The maximum atomic E-state index is 12.2. The molecule has 18 heavy (non-hydrogen) atoms. The summed E-state index contributed by atoms with van der Waals surface area (Å²) in [6, 6.07) is 0.491. The van der Waals surface area contributed by atoms with Gasteiger partial charge in [-0.15, -0.1) is 0 Å². The summed E-state index contributed by atoms with van der Waals surface area (Å²) in [6.07, 6.45) is 5.83. The van der Waals surface area contributed by atoms with E-state index < -0.39 is 0 Å². The van der Waals surface area contributed by atoms with Crippen LogP contribution in [0.4, 0.5) is 0 Å². The van der Waals surface area contributed by atoms with Crippen molar-refractivity contribution in [1.82, 2.24) is 10.2 Å². The van der Waals surface area contributed by atoms with Crippen LogP contribution in [-0.4, -0.2) is 42.4 Å². The van der Waals surface area contributed by atoms with Crippen LogP contribution in [0.5, 0.6) is 0 Å². The molecular formula is C13H23N3O2. The van der Waals surface area contributed by atoms with Crippen molar-refractivity contribution in [3.8, 4) is 0 Å². The summed E-state index contributed by atoms with van der Waals surface area (Å²) in [7, 11) is 1.70. The summed E-state index contributed by atoms with van der Waals surface area (Å²) in [5, 5.41) is 2.89. The number of hydrogen-bond donors (Lipinski definition) is 2. The predicted molar refractivity (Wildman–Crippen MR) is 68.7 cm³/mol. The van der Waals surface area contributed by atoms with E-state index in [4.69, 9.17) is 5.73 Å². The van der Waals surface area contributed by atoms with Gasteiger partial charge in [-0.05, 0) is 32.1 Å². The summed E-state index contributed by atoms with van der Waals surface area (Å²) in [4.78, 5) is 25.3. The molecule has 0 spiro atoms. The van der Waals surface area contributed by atoms with Gasteiger partial charge in [0, 0.05) is 25.0 Å². The van der Waals surface area contributed by atoms with Crippen molar-refractivity contribution >= 4 is 11.8 Å². The predicted octanol–water partition coefficient (Wildman–Crippen LogP) is 0.241. The van der Waals surface area contributed by atoms with Gasteiger partial charge in [0.25, 0.3) is 0 Å². The van der Waals surface area contributed by atoms with Crippen molar-refractivity contribution in [3.63, 3.8) is 0 Å². The fourth-order valence-corrected chi connectivity index (χ4v) is 2.56. The maximum absolute atomic E-state index is 12.2. The minimum atomic E-state index is -0.0477. The van der Waals surface area contributed by atoms with Crippen LogP contribution in [0.3, 0.4) is 0 Å². The number of nitrogens with two attached hydrogens (primary N) is 1. The van der Waals surface area contributed by atoms with Crippen molar-refractivity contribution in [2.45, 2.75) is 50.6 Å². The Morgan fingerprint density at radius 2 is 2.00 bits per heavy atom. The number of carbonyl (C=O) groups is 2. The molecule has 2 amide bonds. The van der Waals surface area contributed by atoms with Crippen molar-refractivity contribution in [2.75, 3.05) is 13.6 Å². The van der Waals surface area contributed by atoms with Crippen LogP contribution in [0.1, 0.15) is 38.5 Å². The summed E-state index contributed by atoms with van der Waals surface area (Å²) in [5.41, 5.74) is 5.89. The van der Waals surface area contributed by atoms with Crippen LogP contribution in [0.15, 0.2) is 0 Å². The molecule has 0 aliphatic heterocycles. The third kappa shape index (κ3) is 3.70. The molecule has 3 N–H and O–H groups in total. The smallest absolute Gasteiger partial charge is 0.239 e. The number of nitrogens with zero attached hydrogens (tertiary/aromatic N) is 1. The van der Waals surface area contributed by atoms with Gasteiger partial charge >= 0.3 is 0 Å². The average Bonchev–Trinajstić information content (AvgIpc) is 3.11. The summed E-state index contributed by atoms with van der Waals surface area (Å²) < 4.78 is 0. The molecule has 102 valence electrons. The van der Waals surface area contributed by atoms with Gasteiger partial charge in [0.2, 0.25) is 11.8 Å². The Morgan fingerprint density at radius 3 is 2.61 bits per heavy atom. The molecule has 0 aromatic heterocycles. The van der Waals surface area contributed by atoms with E-state index in [-0.39, 0.29) is 30.3 Å². The third-order valence-electron chi connectivity index (χ3n) is 3.76. The zero-order valence-corrected chi connectivity index (χ0v) is 11.0. The fourth-order valence-electron chi connectivity index (χ4n) is 2.56. The lowest BCUT2D eigenvalue weighted by Gasteiger charge is -2.29. The highest BCUT2D eigenvalue weighted by atomic mass is 16.2. The molecule has 0 aromatic rings. The van der Waals surface area contributed by atoms with Crippen LogP contribution in [0, 0.1) is 5.92 Å². The highest BCUT2D eigenvalue weighted by Crippen LogP contribution is 2.24. The van der Waals surface area contributed by atoms with Gasteiger partial charge in [-0.1, -0.05) is 6.42 Å². The second-order valence-electron chi connectivity index (χ2n) is 5.66. The molecule has 2 atom stereocenters. The van der Waals surface area contributed by atoms with E-state index in [9.17, 15) is 9.59 Å². The first kappa shape index (κ1) is 13.3. The van der Waals surface area contributed by atoms with E-state index in [1.54, 1.807) is 11.9 Å². The second kappa shape index (κ2) is 5.69. The molecule has 0 radical (unpaired) electrons. The maximum Gasteiger partial charge on any atom is 0.239 e. The quantitative estimate of drug-likeness (QED) is 0.753. The molecule has 5 nitrogen and oxygen atoms in total. The molecule has 0 heterocycles. The fraction of sp³-hybridized carbons (Fsp3) is 0.846. The van der Waals surface area contributed by atoms with Gasteiger partial charge in [-0.3, -0.25) is 9.59 Å². The van der Waals surface area contributed by atoms with Crippen molar-refractivity contribution < 1.29 is 9.59 Å². The molecule has 0 bridgehead atoms. The number of amides is 2. The molecule has 2 saturated carbocycles. The number of hydrogen-bond acceptors (Lipinski definition) is 3. The zero-order chi connectivity index (χ0) is 13.1. The van der Waals surface area contributed by atoms with Gasteiger partial charge in [-0.25, -0.2) is 0 Å². The van der Waals surface area contributed by atoms with Gasteiger partial charge < -0.3 is 16.0 Å². The number of rotatable bonds is 4. The van der Waals surface area contributed by atoms with Crippen molar-refractivity contribution in [3.05, 3.63) is 0 Å². The normalized spacial score (nSPS) is 27.7. The first-order valence-electron chi connectivity index (χ1n) is 6.86. The second-order valence-corrected chi connectivity index (χ2v) is 5.66. The number of likely N-dealkylation sites (N-methyl/N-ethyl adjacent to an activating group) is 1. The monoisotopic (exact) mass is 253 g/mol. The molecule has 5 heteroatoms. The van der Waals surface area contributed by atoms with Crippen molar-refractivity contribution in [2.24, 2.45) is 11.7 Å². The van der Waals surface area contributed by atoms with Gasteiger partial charge in [0.05, 0.1) is 6.54 Å². The Morgan fingerprint density at radius 1 is 1.28 bits per heavy atom. The lowest BCUT2D eigenvalue weighted by atomic mass is 9.85. The molecule has 2 aliphatic rings. The lowest BCUT2D eigenvalue weighted by molar-refractivity contribution is -0.139. The standard InChI is InChI=1S/C13H23N3O2/c1-16(8-12(17)15-11-5-6-11)13(18)9-3-2-4-10(14)7-9/h9-11H,2-8,14H2,1H3,(H,15,17). The summed E-state index contributed by atoms with van der Waals surface area (Å²) in [6.45, 7) is 0.168. The molecular weight excluding hydrogens is 230 g/mol. The van der Waals surface area contributed by atoms with Gasteiger partial charge in [-0.2, -0.15) is 0 Å². The molecule has 2 aliphatic carbocycles. The largest absolute Gasteiger partial charge is 0.352 e. The first-order chi connectivity index (χ1) is 8.56. The number of nitrogens with one attached hydrogen (secondary N) is 1. The van der Waals surface area contributed by atoms with Gasteiger partial charge in [0.15, 0.2) is 0 Å². The van der Waals surface area contributed by atoms with E-state index in [0.29, 0.717) is 6.04 Å². The van der Waals surface area contributed by atoms with E-state index >= 15 is 0 Å². The first-order valence-corrected chi connectivity index (χ1v) is 6.86. The van der Waals surface area contributed by atoms with E-state index in [0.717, 1.165) is 38.5 Å². The summed E-state index contributed by atoms with van der Waals surface area (Å²) >= 11 is 0. The zero-order valence-electron chi connectivity index (χ0n) is 11.0. The van der Waals surface area contributed by atoms with E-state index in [2.05, 4.69) is 5.32 Å². The Hall–Kier alpha value is -1.10. The van der Waals surface area contributed by atoms with E-state index in [1.165, 1.54) is 0 Å². The minimum Gasteiger partial charge on any atom is -0.352 e. The molecule has 2 rings (SSSR count). The molecule has 0 aromatic carbocycles. The van der Waals surface area contributed by atoms with Gasteiger partial charge in [0.1, 0.15) is 0 Å². The minimum absolute atomic E-state index is 0.00692. The van der Waals surface area contributed by atoms with Crippen molar-refractivity contribution in [1.29, 1.82) is 0 Å². The Kier molecular flexibility index (Phi) is 4.22. The topological polar surface area (TPSA) is 75.4 Å². The number of carbonyl (C=O) groups excluding carboxylic acids is 2. The van der Waals surface area contributed by atoms with Crippen LogP contribution < -0.4 is 11.1 Å². The molecule has 2 unspecified atom stereocenters.